The van der Waals surface area contributed by atoms with Crippen molar-refractivity contribution in [3.8, 4) is 0 Å². The Morgan fingerprint density at radius 1 is 0.906 bits per heavy atom. The second kappa shape index (κ2) is 8.67. The summed E-state index contributed by atoms with van der Waals surface area (Å²) in [4.78, 5) is 29.8. The second-order valence-electron chi connectivity index (χ2n) is 8.11. The number of para-hydroxylation sites is 1. The van der Waals surface area contributed by atoms with Gasteiger partial charge in [0.1, 0.15) is 6.10 Å². The lowest BCUT2D eigenvalue weighted by Gasteiger charge is -2.36. The number of ether oxygens (including phenoxy) is 1. The van der Waals surface area contributed by atoms with Crippen molar-refractivity contribution in [1.82, 2.24) is 4.90 Å². The predicted molar refractivity (Wildman–Crippen MR) is 124 cm³/mol. The fourth-order valence-electron chi connectivity index (χ4n) is 4.42. The summed E-state index contributed by atoms with van der Waals surface area (Å²) in [6, 6.07) is 22.8. The molecular weight excluding hydrogens is 424 g/mol. The molecule has 3 aromatic rings. The number of hydrogen-bond donors (Lipinski definition) is 0. The molecule has 2 heterocycles. The number of carbonyl (C=O) groups is 2. The molecule has 0 saturated carbocycles. The van der Waals surface area contributed by atoms with E-state index in [1.807, 2.05) is 65.6 Å². The van der Waals surface area contributed by atoms with Crippen molar-refractivity contribution in [2.75, 3.05) is 31.1 Å². The molecule has 0 bridgehead atoms. The summed E-state index contributed by atoms with van der Waals surface area (Å²) in [5, 5.41) is 0.724. The first-order valence-electron chi connectivity index (χ1n) is 10.8. The average Bonchev–Trinajstić information content (AvgIpc) is 2.84. The fourth-order valence-corrected chi connectivity index (χ4v) is 4.68. The maximum Gasteiger partial charge on any atom is 0.339 e. The molecule has 2 aliphatic heterocycles. The summed E-state index contributed by atoms with van der Waals surface area (Å²) in [6.45, 7) is 2.69. The first kappa shape index (κ1) is 20.6. The molecule has 0 aliphatic carbocycles. The molecule has 5 rings (SSSR count). The van der Waals surface area contributed by atoms with E-state index in [0.29, 0.717) is 30.6 Å². The molecular formula is C26H23ClN2O3. The van der Waals surface area contributed by atoms with Gasteiger partial charge in [0.25, 0.3) is 5.91 Å². The first-order chi connectivity index (χ1) is 15.6. The number of rotatable bonds is 3. The normalized spacial score (nSPS) is 18.2. The Hall–Kier alpha value is -3.31. The topological polar surface area (TPSA) is 49.9 Å². The molecule has 0 unspecified atom stereocenters. The monoisotopic (exact) mass is 446 g/mol. The zero-order valence-electron chi connectivity index (χ0n) is 17.5. The largest absolute Gasteiger partial charge is 0.454 e. The molecule has 1 atom stereocenters. The summed E-state index contributed by atoms with van der Waals surface area (Å²) < 4.78 is 5.63. The van der Waals surface area contributed by atoms with Crippen molar-refractivity contribution in [1.29, 1.82) is 0 Å². The highest BCUT2D eigenvalue weighted by Gasteiger charge is 2.29. The number of fused-ring (bicyclic) bond motifs is 1. The summed E-state index contributed by atoms with van der Waals surface area (Å²) in [5.41, 5.74) is 3.96. The summed E-state index contributed by atoms with van der Waals surface area (Å²) in [5.74, 6) is -0.353. The van der Waals surface area contributed by atoms with E-state index in [4.69, 9.17) is 16.3 Å². The van der Waals surface area contributed by atoms with Crippen molar-refractivity contribution >= 4 is 29.2 Å². The van der Waals surface area contributed by atoms with E-state index in [1.165, 1.54) is 0 Å². The van der Waals surface area contributed by atoms with Gasteiger partial charge in [-0.05, 0) is 41.5 Å². The van der Waals surface area contributed by atoms with Crippen LogP contribution in [0.4, 0.5) is 5.69 Å². The molecule has 1 fully saturated rings. The van der Waals surface area contributed by atoms with E-state index in [9.17, 15) is 9.59 Å². The van der Waals surface area contributed by atoms with Crippen LogP contribution in [0.2, 0.25) is 5.02 Å². The minimum atomic E-state index is -0.340. The average molecular weight is 447 g/mol. The van der Waals surface area contributed by atoms with Crippen molar-refractivity contribution < 1.29 is 14.3 Å². The van der Waals surface area contributed by atoms with Gasteiger partial charge in [-0.2, -0.15) is 0 Å². The number of cyclic esters (lactones) is 1. The Kier molecular flexibility index (Phi) is 5.58. The zero-order chi connectivity index (χ0) is 22.1. The molecule has 3 aromatic carbocycles. The molecule has 32 heavy (non-hydrogen) atoms. The Balaban J connectivity index is 1.31. The van der Waals surface area contributed by atoms with Crippen LogP contribution in [0.1, 0.15) is 37.9 Å². The Bertz CT molecular complexity index is 1160. The van der Waals surface area contributed by atoms with Gasteiger partial charge >= 0.3 is 5.97 Å². The van der Waals surface area contributed by atoms with Gasteiger partial charge in [0.15, 0.2) is 0 Å². The molecule has 6 heteroatoms. The van der Waals surface area contributed by atoms with Crippen LogP contribution in [-0.2, 0) is 11.2 Å². The van der Waals surface area contributed by atoms with Crippen LogP contribution in [0.3, 0.4) is 0 Å². The van der Waals surface area contributed by atoms with Crippen molar-refractivity contribution in [3.63, 3.8) is 0 Å². The molecule has 0 aromatic heterocycles. The van der Waals surface area contributed by atoms with E-state index in [-0.39, 0.29) is 18.0 Å². The van der Waals surface area contributed by atoms with Gasteiger partial charge in [-0.3, -0.25) is 4.79 Å². The van der Waals surface area contributed by atoms with Gasteiger partial charge in [-0.1, -0.05) is 54.1 Å². The van der Waals surface area contributed by atoms with Crippen molar-refractivity contribution in [2.24, 2.45) is 0 Å². The highest BCUT2D eigenvalue weighted by Crippen LogP contribution is 2.31. The predicted octanol–water partition coefficient (Wildman–Crippen LogP) is 4.76. The molecule has 1 saturated heterocycles. The number of amides is 1. The maximum absolute atomic E-state index is 13.2. The van der Waals surface area contributed by atoms with E-state index in [1.54, 1.807) is 12.1 Å². The van der Waals surface area contributed by atoms with Gasteiger partial charge in [-0.15, -0.1) is 0 Å². The van der Waals surface area contributed by atoms with Gasteiger partial charge in [0.2, 0.25) is 0 Å². The highest BCUT2D eigenvalue weighted by molar-refractivity contribution is 6.33. The van der Waals surface area contributed by atoms with Crippen LogP contribution >= 0.6 is 11.6 Å². The Labute approximate surface area is 192 Å². The lowest BCUT2D eigenvalue weighted by Crippen LogP contribution is -2.48. The van der Waals surface area contributed by atoms with E-state index in [0.717, 1.165) is 34.9 Å². The third-order valence-corrected chi connectivity index (χ3v) is 6.48. The maximum atomic E-state index is 13.2. The molecule has 1 amide bonds. The number of benzene rings is 3. The second-order valence-corrected chi connectivity index (χ2v) is 8.52. The summed E-state index contributed by atoms with van der Waals surface area (Å²) in [7, 11) is 0. The van der Waals surface area contributed by atoms with Crippen LogP contribution in [0, 0.1) is 0 Å². The minimum absolute atomic E-state index is 0.0122. The number of piperazine rings is 1. The smallest absolute Gasteiger partial charge is 0.339 e. The van der Waals surface area contributed by atoms with Crippen LogP contribution in [0.5, 0.6) is 0 Å². The fraction of sp³-hybridized carbons (Fsp3) is 0.231. The van der Waals surface area contributed by atoms with E-state index in [2.05, 4.69) is 4.90 Å². The standard InChI is InChI=1S/C26H23ClN2O3/c27-22-8-4-5-9-23(22)28-12-14-29(15-13-28)25(30)19-10-11-21-20(16-19)17-24(32-26(21)31)18-6-2-1-3-7-18/h1-11,16,24H,12-15,17H2/t24-/m1/s1. The summed E-state index contributed by atoms with van der Waals surface area (Å²) in [6.07, 6.45) is 0.229. The number of halogens is 1. The van der Waals surface area contributed by atoms with E-state index < -0.39 is 0 Å². The van der Waals surface area contributed by atoms with Crippen LogP contribution < -0.4 is 4.90 Å². The van der Waals surface area contributed by atoms with Crippen molar-refractivity contribution in [3.05, 3.63) is 100 Å². The lowest BCUT2D eigenvalue weighted by atomic mass is 9.93. The molecule has 0 N–H and O–H groups in total. The zero-order valence-corrected chi connectivity index (χ0v) is 18.3. The Morgan fingerprint density at radius 2 is 1.62 bits per heavy atom. The molecule has 162 valence electrons. The quantitative estimate of drug-likeness (QED) is 0.544. The van der Waals surface area contributed by atoms with Gasteiger partial charge in [0, 0.05) is 38.2 Å². The number of carbonyl (C=O) groups excluding carboxylic acids is 2. The van der Waals surface area contributed by atoms with Gasteiger partial charge in [-0.25, -0.2) is 4.79 Å². The number of hydrogen-bond acceptors (Lipinski definition) is 4. The third kappa shape index (κ3) is 3.96. The van der Waals surface area contributed by atoms with Crippen LogP contribution in [0.15, 0.2) is 72.8 Å². The lowest BCUT2D eigenvalue weighted by molar-refractivity contribution is 0.0252. The number of anilines is 1. The first-order valence-corrected chi connectivity index (χ1v) is 11.2. The third-order valence-electron chi connectivity index (χ3n) is 6.16. The van der Waals surface area contributed by atoms with Crippen LogP contribution in [0.25, 0.3) is 0 Å². The molecule has 2 aliphatic rings. The molecule has 5 nitrogen and oxygen atoms in total. The van der Waals surface area contributed by atoms with Gasteiger partial charge in [0.05, 0.1) is 16.3 Å². The molecule has 0 radical (unpaired) electrons. The number of nitrogens with zero attached hydrogens (tertiary/aromatic N) is 2. The van der Waals surface area contributed by atoms with Crippen molar-refractivity contribution in [2.45, 2.75) is 12.5 Å². The summed E-state index contributed by atoms with van der Waals surface area (Å²) >= 11 is 6.33. The molecule has 0 spiro atoms. The highest BCUT2D eigenvalue weighted by atomic mass is 35.5. The Morgan fingerprint density at radius 3 is 2.38 bits per heavy atom. The minimum Gasteiger partial charge on any atom is -0.454 e. The van der Waals surface area contributed by atoms with E-state index >= 15 is 0 Å². The van der Waals surface area contributed by atoms with Crippen LogP contribution in [-0.4, -0.2) is 43.0 Å². The number of esters is 1. The SMILES string of the molecule is O=C1O[C@@H](c2ccccc2)Cc2cc(C(=O)N3CCN(c4ccccc4Cl)CC3)ccc21. The van der Waals surface area contributed by atoms with Gasteiger partial charge < -0.3 is 14.5 Å².